The Bertz CT molecular complexity index is 500. The van der Waals surface area contributed by atoms with Crippen LogP contribution in [0.4, 0.5) is 0 Å². The predicted octanol–water partition coefficient (Wildman–Crippen LogP) is 2.26. The fourth-order valence-electron chi connectivity index (χ4n) is 5.02. The van der Waals surface area contributed by atoms with Crippen molar-refractivity contribution in [3.63, 3.8) is 0 Å². The average molecular weight is 350 g/mol. The molecule has 1 heterocycles. The van der Waals surface area contributed by atoms with Crippen LogP contribution in [0.2, 0.25) is 0 Å². The largest absolute Gasteiger partial charge is 0.350 e. The highest BCUT2D eigenvalue weighted by molar-refractivity contribution is 5.79. The maximum Gasteiger partial charge on any atom is 0.234 e. The summed E-state index contributed by atoms with van der Waals surface area (Å²) in [5.41, 5.74) is -0.189. The second-order valence-electron chi connectivity index (χ2n) is 9.45. The minimum atomic E-state index is -0.189. The van der Waals surface area contributed by atoms with E-state index in [9.17, 15) is 9.59 Å². The Morgan fingerprint density at radius 2 is 1.84 bits per heavy atom. The smallest absolute Gasteiger partial charge is 0.234 e. The molecule has 2 saturated carbocycles. The van der Waals surface area contributed by atoms with Gasteiger partial charge in [0.15, 0.2) is 0 Å². The van der Waals surface area contributed by atoms with E-state index >= 15 is 0 Å². The second kappa shape index (κ2) is 7.65. The molecule has 3 atom stereocenters. The van der Waals surface area contributed by atoms with Crippen LogP contribution in [-0.4, -0.2) is 59.9 Å². The highest BCUT2D eigenvalue weighted by Crippen LogP contribution is 2.49. The Kier molecular flexibility index (Phi) is 5.71. The molecular weight excluding hydrogens is 314 g/mol. The summed E-state index contributed by atoms with van der Waals surface area (Å²) >= 11 is 0. The lowest BCUT2D eigenvalue weighted by Gasteiger charge is -2.26. The minimum absolute atomic E-state index is 0.0780. The summed E-state index contributed by atoms with van der Waals surface area (Å²) in [4.78, 5) is 29.1. The molecule has 2 amide bonds. The number of carbonyl (C=O) groups is 2. The molecule has 3 fully saturated rings. The molecule has 0 spiro atoms. The van der Waals surface area contributed by atoms with Crippen LogP contribution >= 0.6 is 0 Å². The number of hydrogen-bond donors (Lipinski definition) is 1. The second-order valence-corrected chi connectivity index (χ2v) is 9.45. The van der Waals surface area contributed by atoms with Gasteiger partial charge in [-0.2, -0.15) is 0 Å². The van der Waals surface area contributed by atoms with E-state index in [1.54, 1.807) is 0 Å². The summed E-state index contributed by atoms with van der Waals surface area (Å²) in [5.74, 6) is 2.79. The molecule has 1 saturated heterocycles. The molecular formula is C20H35N3O2. The lowest BCUT2D eigenvalue weighted by atomic mass is 9.86. The first-order valence-corrected chi connectivity index (χ1v) is 10.1. The summed E-state index contributed by atoms with van der Waals surface area (Å²) in [6.45, 7) is 9.76. The number of hydrogen-bond acceptors (Lipinski definition) is 3. The Labute approximate surface area is 152 Å². The molecule has 3 aliphatic rings. The fraction of sp³-hybridized carbons (Fsp3) is 0.900. The van der Waals surface area contributed by atoms with Crippen molar-refractivity contribution in [3.05, 3.63) is 0 Å². The Balaban J connectivity index is 1.43. The van der Waals surface area contributed by atoms with Gasteiger partial charge >= 0.3 is 0 Å². The minimum Gasteiger partial charge on any atom is -0.350 e. The van der Waals surface area contributed by atoms with Crippen molar-refractivity contribution in [3.8, 4) is 0 Å². The van der Waals surface area contributed by atoms with Crippen molar-refractivity contribution < 1.29 is 9.59 Å². The van der Waals surface area contributed by atoms with Gasteiger partial charge in [-0.25, -0.2) is 0 Å². The lowest BCUT2D eigenvalue weighted by molar-refractivity contribution is -0.132. The number of fused-ring (bicyclic) bond motifs is 2. The van der Waals surface area contributed by atoms with Gasteiger partial charge in [0.05, 0.1) is 6.54 Å². The van der Waals surface area contributed by atoms with Gasteiger partial charge in [-0.05, 0) is 64.2 Å². The maximum absolute atomic E-state index is 12.7. The molecule has 3 rings (SSSR count). The number of amides is 2. The van der Waals surface area contributed by atoms with Gasteiger partial charge in [-0.15, -0.1) is 0 Å². The van der Waals surface area contributed by atoms with E-state index in [1.807, 2.05) is 25.7 Å². The molecule has 25 heavy (non-hydrogen) atoms. The third kappa shape index (κ3) is 5.19. The zero-order valence-electron chi connectivity index (χ0n) is 16.2. The molecule has 2 aliphatic carbocycles. The first-order chi connectivity index (χ1) is 11.8. The van der Waals surface area contributed by atoms with Crippen LogP contribution in [0.1, 0.15) is 59.3 Å². The number of rotatable bonds is 4. The molecule has 2 bridgehead atoms. The van der Waals surface area contributed by atoms with Gasteiger partial charge in [-0.1, -0.05) is 6.42 Å². The van der Waals surface area contributed by atoms with Crippen molar-refractivity contribution in [1.29, 1.82) is 0 Å². The van der Waals surface area contributed by atoms with Crippen molar-refractivity contribution in [2.75, 3.05) is 32.7 Å². The third-order valence-electron chi connectivity index (χ3n) is 6.14. The Hall–Kier alpha value is -1.10. The molecule has 5 nitrogen and oxygen atoms in total. The van der Waals surface area contributed by atoms with Crippen molar-refractivity contribution >= 4 is 11.8 Å². The number of carbonyl (C=O) groups excluding carboxylic acids is 2. The summed E-state index contributed by atoms with van der Waals surface area (Å²) in [6.07, 6.45) is 7.11. The first kappa shape index (κ1) is 18.7. The van der Waals surface area contributed by atoms with Crippen LogP contribution in [0, 0.1) is 17.8 Å². The van der Waals surface area contributed by atoms with E-state index < -0.39 is 0 Å². The Morgan fingerprint density at radius 3 is 2.48 bits per heavy atom. The molecule has 0 unspecified atom stereocenters. The van der Waals surface area contributed by atoms with Crippen molar-refractivity contribution in [2.45, 2.75) is 64.8 Å². The van der Waals surface area contributed by atoms with Gasteiger partial charge in [0.2, 0.25) is 11.8 Å². The van der Waals surface area contributed by atoms with Crippen LogP contribution in [0.15, 0.2) is 0 Å². The quantitative estimate of drug-likeness (QED) is 0.847. The molecule has 1 N–H and O–H groups in total. The van der Waals surface area contributed by atoms with Gasteiger partial charge < -0.3 is 10.2 Å². The summed E-state index contributed by atoms with van der Waals surface area (Å²) in [6, 6.07) is 0. The van der Waals surface area contributed by atoms with Crippen molar-refractivity contribution in [1.82, 2.24) is 15.1 Å². The summed E-state index contributed by atoms with van der Waals surface area (Å²) in [7, 11) is 0. The van der Waals surface area contributed by atoms with E-state index in [0.717, 1.165) is 50.9 Å². The highest BCUT2D eigenvalue weighted by atomic mass is 16.2. The standard InChI is InChI=1S/C20H35N3O2/c1-20(2,3)21-18(24)14-22-7-4-8-23(10-9-22)19(25)13-17-12-15-5-6-16(17)11-15/h15-17H,4-14H2,1-3H3,(H,21,24)/t15-,16-,17+/m0/s1. The first-order valence-electron chi connectivity index (χ1n) is 10.1. The normalized spacial score (nSPS) is 30.4. The average Bonchev–Trinajstić information content (AvgIpc) is 3.03. The van der Waals surface area contributed by atoms with Gasteiger partial charge in [-0.3, -0.25) is 14.5 Å². The molecule has 0 aromatic carbocycles. The van der Waals surface area contributed by atoms with E-state index in [1.165, 1.54) is 25.7 Å². The fourth-order valence-corrected chi connectivity index (χ4v) is 5.02. The summed E-state index contributed by atoms with van der Waals surface area (Å²) < 4.78 is 0. The predicted molar refractivity (Wildman–Crippen MR) is 99.1 cm³/mol. The van der Waals surface area contributed by atoms with E-state index in [2.05, 4.69) is 10.2 Å². The van der Waals surface area contributed by atoms with Crippen LogP contribution in [0.5, 0.6) is 0 Å². The van der Waals surface area contributed by atoms with E-state index in [4.69, 9.17) is 0 Å². The number of nitrogens with one attached hydrogen (secondary N) is 1. The zero-order chi connectivity index (χ0) is 18.0. The van der Waals surface area contributed by atoms with Crippen LogP contribution in [-0.2, 0) is 9.59 Å². The molecule has 0 aromatic rings. The Morgan fingerprint density at radius 1 is 1.04 bits per heavy atom. The van der Waals surface area contributed by atoms with Crippen molar-refractivity contribution in [2.24, 2.45) is 17.8 Å². The van der Waals surface area contributed by atoms with Crippen LogP contribution < -0.4 is 5.32 Å². The van der Waals surface area contributed by atoms with Gasteiger partial charge in [0.25, 0.3) is 0 Å². The van der Waals surface area contributed by atoms with E-state index in [-0.39, 0.29) is 11.4 Å². The molecule has 0 radical (unpaired) electrons. The van der Waals surface area contributed by atoms with Crippen LogP contribution in [0.25, 0.3) is 0 Å². The molecule has 5 heteroatoms. The maximum atomic E-state index is 12.7. The topological polar surface area (TPSA) is 52.7 Å². The third-order valence-corrected chi connectivity index (χ3v) is 6.14. The van der Waals surface area contributed by atoms with Crippen LogP contribution in [0.3, 0.4) is 0 Å². The SMILES string of the molecule is CC(C)(C)NC(=O)CN1CCCN(C(=O)C[C@H]2C[C@H]3CC[C@H]2C3)CC1. The molecule has 0 aromatic heterocycles. The summed E-state index contributed by atoms with van der Waals surface area (Å²) in [5, 5.41) is 3.02. The van der Waals surface area contributed by atoms with Gasteiger partial charge in [0.1, 0.15) is 0 Å². The molecule has 142 valence electrons. The van der Waals surface area contributed by atoms with Gasteiger partial charge in [0, 0.05) is 38.1 Å². The van der Waals surface area contributed by atoms with E-state index in [0.29, 0.717) is 18.4 Å². The lowest BCUT2D eigenvalue weighted by Crippen LogP contribution is -2.46. The zero-order valence-corrected chi connectivity index (χ0v) is 16.2. The number of nitrogens with zero attached hydrogens (tertiary/aromatic N) is 2. The molecule has 1 aliphatic heterocycles. The highest BCUT2D eigenvalue weighted by Gasteiger charge is 2.40. The monoisotopic (exact) mass is 349 g/mol.